The van der Waals surface area contributed by atoms with E-state index in [9.17, 15) is 4.39 Å². The van der Waals surface area contributed by atoms with Gasteiger partial charge in [-0.25, -0.2) is 14.1 Å². The molecule has 1 aliphatic rings. The van der Waals surface area contributed by atoms with Gasteiger partial charge >= 0.3 is 0 Å². The summed E-state index contributed by atoms with van der Waals surface area (Å²) in [5.41, 5.74) is 6.87. The lowest BCUT2D eigenvalue weighted by Crippen LogP contribution is -2.20. The Labute approximate surface area is 147 Å². The van der Waals surface area contributed by atoms with Gasteiger partial charge in [0.1, 0.15) is 17.7 Å². The van der Waals surface area contributed by atoms with Crippen LogP contribution in [0, 0.1) is 0 Å². The van der Waals surface area contributed by atoms with Crippen LogP contribution in [0.4, 0.5) is 4.39 Å². The predicted octanol–water partition coefficient (Wildman–Crippen LogP) is 3.98. The van der Waals surface area contributed by atoms with E-state index in [1.54, 1.807) is 6.92 Å². The van der Waals surface area contributed by atoms with Crippen molar-refractivity contribution >= 4 is 0 Å². The van der Waals surface area contributed by atoms with Crippen LogP contribution >= 0.6 is 0 Å². The molecule has 1 fully saturated rings. The van der Waals surface area contributed by atoms with Crippen LogP contribution in [0.5, 0.6) is 5.75 Å². The highest BCUT2D eigenvalue weighted by molar-refractivity contribution is 5.56. The minimum Gasteiger partial charge on any atom is -0.486 e. The zero-order chi connectivity index (χ0) is 18.0. The molecule has 0 radical (unpaired) electrons. The molecule has 1 aromatic carbocycles. The van der Waals surface area contributed by atoms with Gasteiger partial charge in [-0.05, 0) is 57.9 Å². The normalized spacial score (nSPS) is 16.3. The Hall–Kier alpha value is -2.21. The molecule has 1 heterocycles. The smallest absolute Gasteiger partial charge is 0.181 e. The highest BCUT2D eigenvalue weighted by atomic mass is 19.1. The van der Waals surface area contributed by atoms with Crippen LogP contribution in [-0.2, 0) is 0 Å². The van der Waals surface area contributed by atoms with Gasteiger partial charge in [0.2, 0.25) is 0 Å². The number of aromatic nitrogens is 3. The number of benzene rings is 1. The molecule has 0 bridgehead atoms. The summed E-state index contributed by atoms with van der Waals surface area (Å²) < 4.78 is 20.5. The average Bonchev–Trinajstić information content (AvgIpc) is 3.35. The van der Waals surface area contributed by atoms with Crippen molar-refractivity contribution < 1.29 is 9.13 Å². The van der Waals surface area contributed by atoms with Gasteiger partial charge in [-0.2, -0.15) is 5.10 Å². The van der Waals surface area contributed by atoms with Crippen molar-refractivity contribution in [1.29, 1.82) is 0 Å². The van der Waals surface area contributed by atoms with E-state index in [1.165, 1.54) is 12.8 Å². The molecule has 2 aromatic rings. The number of hydrogen-bond donors (Lipinski definition) is 1. The quantitative estimate of drug-likeness (QED) is 0.825. The lowest BCUT2D eigenvalue weighted by Gasteiger charge is -2.16. The number of halogens is 1. The van der Waals surface area contributed by atoms with Crippen molar-refractivity contribution in [2.45, 2.75) is 51.7 Å². The Bertz CT molecular complexity index is 728. The third-order valence-electron chi connectivity index (χ3n) is 4.41. The van der Waals surface area contributed by atoms with Crippen LogP contribution in [0.1, 0.15) is 51.4 Å². The molecular formula is C19H25FN4O. The molecule has 3 rings (SSSR count). The van der Waals surface area contributed by atoms with E-state index >= 15 is 0 Å². The highest BCUT2D eigenvalue weighted by Crippen LogP contribution is 2.40. The average molecular weight is 344 g/mol. The molecule has 1 aromatic heterocycles. The number of ether oxygens (including phenoxy) is 1. The Morgan fingerprint density at radius 3 is 2.52 bits per heavy atom. The first-order valence-electron chi connectivity index (χ1n) is 8.76. The summed E-state index contributed by atoms with van der Waals surface area (Å²) in [5.74, 6) is 3.03. The van der Waals surface area contributed by atoms with Crippen molar-refractivity contribution in [2.24, 2.45) is 5.73 Å². The van der Waals surface area contributed by atoms with E-state index in [0.717, 1.165) is 17.2 Å². The lowest BCUT2D eigenvalue weighted by atomic mass is 10.2. The lowest BCUT2D eigenvalue weighted by molar-refractivity contribution is 0.253. The van der Waals surface area contributed by atoms with Crippen LogP contribution in [0.3, 0.4) is 0 Å². The maximum atomic E-state index is 12.7. The predicted molar refractivity (Wildman–Crippen MR) is 96.2 cm³/mol. The summed E-state index contributed by atoms with van der Waals surface area (Å²) in [7, 11) is 0. The first kappa shape index (κ1) is 17.6. The van der Waals surface area contributed by atoms with Crippen molar-refractivity contribution in [1.82, 2.24) is 14.8 Å². The minimum absolute atomic E-state index is 0.135. The molecule has 25 heavy (non-hydrogen) atoms. The van der Waals surface area contributed by atoms with Gasteiger partial charge in [-0.15, -0.1) is 0 Å². The molecule has 1 unspecified atom stereocenters. The SMILES string of the molecule is CC(Oc1ccc(-c2nc(C3CC3)n(C(C)C)n2)cc1)/C(=C/F)CN. The second kappa shape index (κ2) is 7.35. The summed E-state index contributed by atoms with van der Waals surface area (Å²) in [5, 5.41) is 4.68. The van der Waals surface area contributed by atoms with E-state index in [4.69, 9.17) is 15.5 Å². The highest BCUT2D eigenvalue weighted by Gasteiger charge is 2.30. The second-order valence-corrected chi connectivity index (χ2v) is 6.78. The zero-order valence-electron chi connectivity index (χ0n) is 14.9. The number of nitrogens with two attached hydrogens (primary N) is 1. The van der Waals surface area contributed by atoms with E-state index in [2.05, 4.69) is 18.9 Å². The maximum Gasteiger partial charge on any atom is 0.181 e. The van der Waals surface area contributed by atoms with Crippen molar-refractivity contribution in [3.8, 4) is 17.1 Å². The Morgan fingerprint density at radius 2 is 2.00 bits per heavy atom. The molecule has 6 heteroatoms. The van der Waals surface area contributed by atoms with Crippen molar-refractivity contribution in [3.05, 3.63) is 42.0 Å². The summed E-state index contributed by atoms with van der Waals surface area (Å²) in [6, 6.07) is 7.86. The van der Waals surface area contributed by atoms with Gasteiger partial charge < -0.3 is 10.5 Å². The summed E-state index contributed by atoms with van der Waals surface area (Å²) >= 11 is 0. The monoisotopic (exact) mass is 344 g/mol. The van der Waals surface area contributed by atoms with E-state index in [0.29, 0.717) is 29.6 Å². The van der Waals surface area contributed by atoms with Crippen LogP contribution in [0.2, 0.25) is 0 Å². The standard InChI is InChI=1S/C19H25FN4O/c1-12(2)24-19(15-4-5-15)22-18(23-24)14-6-8-17(9-7-14)25-13(3)16(10-20)11-21/h6-10,12-13,15H,4-5,11,21H2,1-3H3/b16-10+. The van der Waals surface area contributed by atoms with Gasteiger partial charge in [0.15, 0.2) is 5.82 Å². The Morgan fingerprint density at radius 1 is 1.32 bits per heavy atom. The first-order chi connectivity index (χ1) is 12.0. The Balaban J connectivity index is 1.77. The molecule has 2 N–H and O–H groups in total. The molecule has 1 atom stereocenters. The summed E-state index contributed by atoms with van der Waals surface area (Å²) in [4.78, 5) is 4.74. The van der Waals surface area contributed by atoms with Crippen molar-refractivity contribution in [2.75, 3.05) is 6.54 Å². The first-order valence-corrected chi connectivity index (χ1v) is 8.76. The fraction of sp³-hybridized carbons (Fsp3) is 0.474. The third-order valence-corrected chi connectivity index (χ3v) is 4.41. The zero-order valence-corrected chi connectivity index (χ0v) is 14.9. The molecule has 0 saturated heterocycles. The maximum absolute atomic E-state index is 12.7. The minimum atomic E-state index is -0.402. The Kier molecular flexibility index (Phi) is 5.18. The molecule has 0 amide bonds. The molecule has 1 aliphatic carbocycles. The molecule has 134 valence electrons. The van der Waals surface area contributed by atoms with Crippen LogP contribution in [-0.4, -0.2) is 27.4 Å². The van der Waals surface area contributed by atoms with E-state index < -0.39 is 6.10 Å². The summed E-state index contributed by atoms with van der Waals surface area (Å²) in [6.45, 7) is 6.16. The third kappa shape index (κ3) is 3.90. The van der Waals surface area contributed by atoms with Gasteiger partial charge in [0.05, 0.1) is 6.33 Å². The molecule has 1 saturated carbocycles. The number of rotatable bonds is 7. The second-order valence-electron chi connectivity index (χ2n) is 6.78. The number of hydrogen-bond acceptors (Lipinski definition) is 4. The molecule has 0 aliphatic heterocycles. The van der Waals surface area contributed by atoms with E-state index in [1.807, 2.05) is 28.9 Å². The molecule has 5 nitrogen and oxygen atoms in total. The van der Waals surface area contributed by atoms with Crippen LogP contribution in [0.25, 0.3) is 11.4 Å². The van der Waals surface area contributed by atoms with Gasteiger partial charge in [0, 0.05) is 29.6 Å². The fourth-order valence-electron chi connectivity index (χ4n) is 2.72. The largest absolute Gasteiger partial charge is 0.486 e. The topological polar surface area (TPSA) is 66.0 Å². The molecular weight excluding hydrogens is 319 g/mol. The van der Waals surface area contributed by atoms with Crippen molar-refractivity contribution in [3.63, 3.8) is 0 Å². The van der Waals surface area contributed by atoms with Crippen LogP contribution in [0.15, 0.2) is 36.2 Å². The fourth-order valence-corrected chi connectivity index (χ4v) is 2.72. The van der Waals surface area contributed by atoms with Gasteiger partial charge in [-0.3, -0.25) is 0 Å². The molecule has 0 spiro atoms. The summed E-state index contributed by atoms with van der Waals surface area (Å²) in [6.07, 6.45) is 2.50. The number of nitrogens with zero attached hydrogens (tertiary/aromatic N) is 3. The van der Waals surface area contributed by atoms with Crippen LogP contribution < -0.4 is 10.5 Å². The van der Waals surface area contributed by atoms with E-state index in [-0.39, 0.29) is 6.54 Å². The van der Waals surface area contributed by atoms with Gasteiger partial charge in [-0.1, -0.05) is 0 Å². The van der Waals surface area contributed by atoms with Gasteiger partial charge in [0.25, 0.3) is 0 Å².